The van der Waals surface area contributed by atoms with Crippen molar-refractivity contribution in [3.63, 3.8) is 0 Å². The number of nitrogens with one attached hydrogen (secondary N) is 2. The number of urea groups is 1. The molecule has 1 aliphatic heterocycles. The minimum Gasteiger partial charge on any atom is -0.507 e. The fourth-order valence-corrected chi connectivity index (χ4v) is 6.41. The molecule has 216 valence electrons. The van der Waals surface area contributed by atoms with Crippen LogP contribution in [-0.2, 0) is 18.2 Å². The third-order valence-corrected chi connectivity index (χ3v) is 8.61. The molecule has 5 aromatic rings. The molecule has 1 atom stereocenters. The van der Waals surface area contributed by atoms with E-state index in [1.54, 1.807) is 16.5 Å². The van der Waals surface area contributed by atoms with Crippen LogP contribution in [-0.4, -0.2) is 58.4 Å². The molecule has 2 amide bonds. The largest absolute Gasteiger partial charge is 0.507 e. The Labute approximate surface area is 252 Å². The molecule has 8 nitrogen and oxygen atoms in total. The smallest absolute Gasteiger partial charge is 0.317 e. The van der Waals surface area contributed by atoms with E-state index in [1.165, 1.54) is 0 Å². The maximum atomic E-state index is 14.0. The quantitative estimate of drug-likeness (QED) is 0.229. The summed E-state index contributed by atoms with van der Waals surface area (Å²) in [4.78, 5) is 32.3. The number of fused-ring (bicyclic) bond motifs is 2. The van der Waals surface area contributed by atoms with Gasteiger partial charge in [-0.3, -0.25) is 4.79 Å². The number of aryl methyl sites for hydroxylation is 2. The lowest BCUT2D eigenvalue weighted by molar-refractivity contribution is 0.0533. The SMILES string of the molecule is Cc1ccc2[nH]c(C(c3cccc(Br)c3)c3c(O)c4ccccc4n(C)c3=O)c(CCNC(=O)N3CCOCC3)c2c1. The molecule has 1 fully saturated rings. The number of ether oxygens (including phenoxy) is 1. The number of pyridine rings is 1. The molecule has 1 saturated heterocycles. The van der Waals surface area contributed by atoms with Gasteiger partial charge in [-0.1, -0.05) is 51.8 Å². The molecule has 0 spiro atoms. The summed E-state index contributed by atoms with van der Waals surface area (Å²) in [6.45, 7) is 4.68. The first-order valence-electron chi connectivity index (χ1n) is 14.1. The molecule has 3 heterocycles. The van der Waals surface area contributed by atoms with E-state index in [0.717, 1.165) is 37.8 Å². The van der Waals surface area contributed by atoms with Crippen molar-refractivity contribution in [1.82, 2.24) is 19.8 Å². The number of H-pyrrole nitrogens is 1. The number of carbonyl (C=O) groups excluding carboxylic acids is 1. The van der Waals surface area contributed by atoms with Gasteiger partial charge in [0, 0.05) is 53.1 Å². The molecule has 0 radical (unpaired) electrons. The molecule has 2 aromatic heterocycles. The van der Waals surface area contributed by atoms with Crippen LogP contribution in [0.25, 0.3) is 21.8 Å². The highest BCUT2D eigenvalue weighted by molar-refractivity contribution is 9.10. The lowest BCUT2D eigenvalue weighted by Gasteiger charge is -2.27. The predicted octanol–water partition coefficient (Wildman–Crippen LogP) is 5.56. The second kappa shape index (κ2) is 11.7. The number of carbonyl (C=O) groups is 1. The molecule has 1 unspecified atom stereocenters. The molecule has 42 heavy (non-hydrogen) atoms. The average molecular weight is 630 g/mol. The standard InChI is InChI=1S/C33H33BrN4O4/c1-20-10-11-26-25(18-20)23(12-13-35-33(41)38-14-16-42-17-15-38)30(36-26)28(21-6-5-7-22(34)19-21)29-31(39)24-8-3-4-9-27(24)37(2)32(29)40/h3-11,18-19,28,36,39H,12-17H2,1-2H3,(H,35,41). The molecule has 0 saturated carbocycles. The van der Waals surface area contributed by atoms with Gasteiger partial charge >= 0.3 is 6.03 Å². The first-order chi connectivity index (χ1) is 20.3. The minimum atomic E-state index is -0.594. The van der Waals surface area contributed by atoms with Gasteiger partial charge in [0.2, 0.25) is 0 Å². The van der Waals surface area contributed by atoms with E-state index in [9.17, 15) is 14.7 Å². The highest BCUT2D eigenvalue weighted by atomic mass is 79.9. The van der Waals surface area contributed by atoms with Crippen molar-refractivity contribution in [1.29, 1.82) is 0 Å². The maximum Gasteiger partial charge on any atom is 0.317 e. The van der Waals surface area contributed by atoms with E-state index in [4.69, 9.17) is 4.74 Å². The Kier molecular flexibility index (Phi) is 7.79. The van der Waals surface area contributed by atoms with Gasteiger partial charge < -0.3 is 29.6 Å². The molecular formula is C33H33BrN4O4. The predicted molar refractivity (Wildman–Crippen MR) is 168 cm³/mol. The van der Waals surface area contributed by atoms with Crippen molar-refractivity contribution in [3.8, 4) is 5.75 Å². The van der Waals surface area contributed by atoms with Crippen molar-refractivity contribution in [3.05, 3.63) is 110 Å². The van der Waals surface area contributed by atoms with E-state index >= 15 is 0 Å². The van der Waals surface area contributed by atoms with Crippen LogP contribution in [0.15, 0.2) is 76.0 Å². The van der Waals surface area contributed by atoms with Gasteiger partial charge in [0.15, 0.2) is 0 Å². The van der Waals surface area contributed by atoms with Gasteiger partial charge in [-0.2, -0.15) is 0 Å². The number of hydrogen-bond donors (Lipinski definition) is 3. The summed E-state index contributed by atoms with van der Waals surface area (Å²) in [6.07, 6.45) is 0.536. The van der Waals surface area contributed by atoms with E-state index in [2.05, 4.69) is 32.3 Å². The highest BCUT2D eigenvalue weighted by Gasteiger charge is 2.30. The van der Waals surface area contributed by atoms with Crippen molar-refractivity contribution in [2.75, 3.05) is 32.8 Å². The van der Waals surface area contributed by atoms with Gasteiger partial charge in [-0.25, -0.2) is 4.79 Å². The zero-order valence-electron chi connectivity index (χ0n) is 23.6. The number of nitrogens with zero attached hydrogens (tertiary/aromatic N) is 2. The molecular weight excluding hydrogens is 596 g/mol. The Morgan fingerprint density at radius 3 is 2.64 bits per heavy atom. The summed E-state index contributed by atoms with van der Waals surface area (Å²) < 4.78 is 7.86. The normalized spacial score (nSPS) is 14.4. The van der Waals surface area contributed by atoms with Gasteiger partial charge in [0.25, 0.3) is 5.56 Å². The third-order valence-electron chi connectivity index (χ3n) is 8.11. The lowest BCUT2D eigenvalue weighted by atomic mass is 9.85. The average Bonchev–Trinajstić information content (AvgIpc) is 3.35. The van der Waals surface area contributed by atoms with Gasteiger partial charge in [0.1, 0.15) is 5.75 Å². The number of amides is 2. The van der Waals surface area contributed by atoms with Crippen molar-refractivity contribution < 1.29 is 14.6 Å². The van der Waals surface area contributed by atoms with Crippen LogP contribution in [0.5, 0.6) is 5.75 Å². The Bertz CT molecular complexity index is 1860. The number of para-hydroxylation sites is 1. The van der Waals surface area contributed by atoms with Crippen LogP contribution < -0.4 is 10.9 Å². The van der Waals surface area contributed by atoms with Crippen LogP contribution in [0.1, 0.15) is 33.9 Å². The van der Waals surface area contributed by atoms with Crippen LogP contribution in [0.2, 0.25) is 0 Å². The Morgan fingerprint density at radius 1 is 1.07 bits per heavy atom. The molecule has 9 heteroatoms. The number of morpholine rings is 1. The Hall–Kier alpha value is -4.08. The summed E-state index contributed by atoms with van der Waals surface area (Å²) in [5, 5.41) is 16.4. The highest BCUT2D eigenvalue weighted by Crippen LogP contribution is 2.41. The molecule has 0 bridgehead atoms. The number of aromatic hydroxyl groups is 1. The van der Waals surface area contributed by atoms with E-state index < -0.39 is 5.92 Å². The van der Waals surface area contributed by atoms with E-state index in [0.29, 0.717) is 55.7 Å². The molecule has 6 rings (SSSR count). The molecule has 1 aliphatic rings. The van der Waals surface area contributed by atoms with Crippen LogP contribution in [0, 0.1) is 6.92 Å². The zero-order valence-corrected chi connectivity index (χ0v) is 25.2. The maximum absolute atomic E-state index is 14.0. The Balaban J connectivity index is 1.52. The van der Waals surface area contributed by atoms with Gasteiger partial charge in [-0.15, -0.1) is 0 Å². The van der Waals surface area contributed by atoms with Crippen molar-refractivity contribution in [2.45, 2.75) is 19.3 Å². The summed E-state index contributed by atoms with van der Waals surface area (Å²) in [7, 11) is 1.74. The zero-order chi connectivity index (χ0) is 29.4. The van der Waals surface area contributed by atoms with E-state index in [-0.39, 0.29) is 17.3 Å². The minimum absolute atomic E-state index is 0.0277. The van der Waals surface area contributed by atoms with Crippen LogP contribution >= 0.6 is 15.9 Å². The van der Waals surface area contributed by atoms with Crippen molar-refractivity contribution in [2.24, 2.45) is 7.05 Å². The second-order valence-corrected chi connectivity index (χ2v) is 11.7. The number of halogens is 1. The first-order valence-corrected chi connectivity index (χ1v) is 14.9. The van der Waals surface area contributed by atoms with Gasteiger partial charge in [-0.05, 0) is 60.9 Å². The fourth-order valence-electron chi connectivity index (χ4n) is 6.00. The molecule has 0 aliphatic carbocycles. The van der Waals surface area contributed by atoms with Crippen LogP contribution in [0.3, 0.4) is 0 Å². The summed E-state index contributed by atoms with van der Waals surface area (Å²) in [5.74, 6) is -0.622. The second-order valence-electron chi connectivity index (χ2n) is 10.8. The summed E-state index contributed by atoms with van der Waals surface area (Å²) >= 11 is 3.61. The fraction of sp³-hybridized carbons (Fsp3) is 0.273. The summed E-state index contributed by atoms with van der Waals surface area (Å²) in [5.41, 5.74) is 5.41. The lowest BCUT2D eigenvalue weighted by Crippen LogP contribution is -2.46. The first kappa shape index (κ1) is 28.1. The number of hydrogen-bond acceptors (Lipinski definition) is 4. The van der Waals surface area contributed by atoms with Gasteiger partial charge in [0.05, 0.1) is 30.2 Å². The third kappa shape index (κ3) is 5.18. The topological polar surface area (TPSA) is 99.6 Å². The number of rotatable bonds is 6. The van der Waals surface area contributed by atoms with Crippen molar-refractivity contribution >= 4 is 43.8 Å². The van der Waals surface area contributed by atoms with Crippen LogP contribution in [0.4, 0.5) is 4.79 Å². The number of aromatic amines is 1. The number of aromatic nitrogens is 2. The monoisotopic (exact) mass is 628 g/mol. The Morgan fingerprint density at radius 2 is 1.86 bits per heavy atom. The summed E-state index contributed by atoms with van der Waals surface area (Å²) in [6, 6.07) is 21.3. The van der Waals surface area contributed by atoms with E-state index in [1.807, 2.05) is 67.6 Å². The molecule has 3 aromatic carbocycles. The number of benzene rings is 3. The molecule has 3 N–H and O–H groups in total.